The average Bonchev–Trinajstić information content (AvgIpc) is 2.82. The molecule has 1 fully saturated rings. The van der Waals surface area contributed by atoms with Crippen LogP contribution in [0.15, 0.2) is 30.3 Å². The number of aliphatic carboxylic acids is 1. The maximum Gasteiger partial charge on any atom is 0.308 e. The number of amides is 1. The number of hydrogen-bond acceptors (Lipinski definition) is 3. The van der Waals surface area contributed by atoms with Gasteiger partial charge in [0.25, 0.3) is 0 Å². The molecule has 0 radical (unpaired) electrons. The minimum Gasteiger partial charge on any atom is -0.481 e. The quantitative estimate of drug-likeness (QED) is 0.825. The van der Waals surface area contributed by atoms with Crippen LogP contribution < -0.4 is 0 Å². The lowest BCUT2D eigenvalue weighted by Crippen LogP contribution is -2.30. The van der Waals surface area contributed by atoms with Crippen molar-refractivity contribution < 1.29 is 14.7 Å². The second-order valence-corrected chi connectivity index (χ2v) is 5.66. The lowest BCUT2D eigenvalue weighted by molar-refractivity contribution is -0.141. The van der Waals surface area contributed by atoms with Crippen molar-refractivity contribution in [2.45, 2.75) is 19.4 Å². The number of likely N-dealkylation sites (tertiary alicyclic amines) is 1. The zero-order chi connectivity index (χ0) is 15.2. The molecule has 1 aromatic rings. The van der Waals surface area contributed by atoms with E-state index >= 15 is 0 Å². The van der Waals surface area contributed by atoms with Gasteiger partial charge < -0.3 is 14.9 Å². The van der Waals surface area contributed by atoms with Crippen molar-refractivity contribution >= 4 is 11.9 Å². The number of carboxylic acids is 1. The Morgan fingerprint density at radius 1 is 1.38 bits per heavy atom. The van der Waals surface area contributed by atoms with Gasteiger partial charge in [-0.15, -0.1) is 0 Å². The molecule has 1 atom stereocenters. The summed E-state index contributed by atoms with van der Waals surface area (Å²) in [4.78, 5) is 26.5. The molecular weight excluding hydrogens is 268 g/mol. The maximum atomic E-state index is 11.7. The molecule has 21 heavy (non-hydrogen) atoms. The Bertz CT molecular complexity index is 490. The molecular formula is C16H22N2O3. The third-order valence-electron chi connectivity index (χ3n) is 3.83. The van der Waals surface area contributed by atoms with Gasteiger partial charge in [0.05, 0.1) is 5.92 Å². The van der Waals surface area contributed by atoms with Gasteiger partial charge in [-0.2, -0.15) is 0 Å². The second-order valence-electron chi connectivity index (χ2n) is 5.66. The van der Waals surface area contributed by atoms with Gasteiger partial charge in [0.1, 0.15) is 0 Å². The topological polar surface area (TPSA) is 60.9 Å². The third kappa shape index (κ3) is 4.56. The summed E-state index contributed by atoms with van der Waals surface area (Å²) >= 11 is 0. The third-order valence-corrected chi connectivity index (χ3v) is 3.83. The van der Waals surface area contributed by atoms with Crippen molar-refractivity contribution in [1.29, 1.82) is 0 Å². The van der Waals surface area contributed by atoms with Crippen LogP contribution in [0.3, 0.4) is 0 Å². The van der Waals surface area contributed by atoms with Crippen LogP contribution in [0.2, 0.25) is 0 Å². The smallest absolute Gasteiger partial charge is 0.308 e. The van der Waals surface area contributed by atoms with E-state index in [1.54, 1.807) is 4.90 Å². The molecule has 0 saturated carbocycles. The molecule has 0 bridgehead atoms. The lowest BCUT2D eigenvalue weighted by atomic mass is 10.1. The zero-order valence-electron chi connectivity index (χ0n) is 12.4. The van der Waals surface area contributed by atoms with E-state index in [0.29, 0.717) is 13.1 Å². The summed E-state index contributed by atoms with van der Waals surface area (Å²) in [7, 11) is 2.05. The van der Waals surface area contributed by atoms with Crippen molar-refractivity contribution in [3.63, 3.8) is 0 Å². The first kappa shape index (κ1) is 15.5. The second kappa shape index (κ2) is 7.22. The van der Waals surface area contributed by atoms with Crippen LogP contribution in [0.5, 0.6) is 0 Å². The van der Waals surface area contributed by atoms with Crippen molar-refractivity contribution in [2.75, 3.05) is 26.7 Å². The minimum atomic E-state index is -0.868. The van der Waals surface area contributed by atoms with Gasteiger partial charge >= 0.3 is 5.97 Å². The zero-order valence-corrected chi connectivity index (χ0v) is 12.4. The number of benzene rings is 1. The van der Waals surface area contributed by atoms with E-state index in [4.69, 9.17) is 5.11 Å². The fraction of sp³-hybridized carbons (Fsp3) is 0.500. The first-order valence-corrected chi connectivity index (χ1v) is 7.29. The Hall–Kier alpha value is -1.88. The average molecular weight is 290 g/mol. The fourth-order valence-corrected chi connectivity index (χ4v) is 2.66. The number of rotatable bonds is 7. The van der Waals surface area contributed by atoms with Crippen molar-refractivity contribution in [1.82, 2.24) is 9.80 Å². The molecule has 1 N–H and O–H groups in total. The molecule has 0 aliphatic carbocycles. The highest BCUT2D eigenvalue weighted by Gasteiger charge is 2.33. The number of nitrogens with zero attached hydrogens (tertiary/aromatic N) is 2. The number of carbonyl (C=O) groups is 2. The van der Waals surface area contributed by atoms with Crippen molar-refractivity contribution in [2.24, 2.45) is 5.92 Å². The molecule has 114 valence electrons. The summed E-state index contributed by atoms with van der Waals surface area (Å²) in [6, 6.07) is 10.2. The van der Waals surface area contributed by atoms with Crippen molar-refractivity contribution in [3.8, 4) is 0 Å². The standard InChI is InChI=1S/C16H22N2O3/c1-17(11-13-6-3-2-4-7-13)8-5-9-18-12-14(16(20)21)10-15(18)19/h2-4,6-7,14H,5,8-12H2,1H3,(H,20,21). The Kier molecular flexibility index (Phi) is 5.33. The predicted octanol–water partition coefficient (Wildman–Crippen LogP) is 1.44. The van der Waals surface area contributed by atoms with Gasteiger partial charge in [-0.05, 0) is 25.6 Å². The van der Waals surface area contributed by atoms with E-state index < -0.39 is 11.9 Å². The Labute approximate surface area is 125 Å². The van der Waals surface area contributed by atoms with Crippen molar-refractivity contribution in [3.05, 3.63) is 35.9 Å². The molecule has 1 aromatic carbocycles. The molecule has 5 nitrogen and oxygen atoms in total. The number of carboxylic acid groups (broad SMARTS) is 1. The van der Waals surface area contributed by atoms with Crippen LogP contribution in [-0.2, 0) is 16.1 Å². The first-order chi connectivity index (χ1) is 10.1. The van der Waals surface area contributed by atoms with Crippen LogP contribution in [0.25, 0.3) is 0 Å². The summed E-state index contributed by atoms with van der Waals surface area (Å²) in [6.45, 7) is 2.77. The van der Waals surface area contributed by atoms with E-state index in [-0.39, 0.29) is 12.3 Å². The molecule has 1 heterocycles. The highest BCUT2D eigenvalue weighted by atomic mass is 16.4. The Balaban J connectivity index is 1.70. The highest BCUT2D eigenvalue weighted by molar-refractivity contribution is 5.86. The molecule has 1 aliphatic heterocycles. The van der Waals surface area contributed by atoms with Crippen LogP contribution >= 0.6 is 0 Å². The molecule has 5 heteroatoms. The van der Waals surface area contributed by atoms with Crippen LogP contribution in [0.1, 0.15) is 18.4 Å². The van der Waals surface area contributed by atoms with Crippen LogP contribution in [0.4, 0.5) is 0 Å². The summed E-state index contributed by atoms with van der Waals surface area (Å²) in [5.41, 5.74) is 1.27. The number of carbonyl (C=O) groups excluding carboxylic acids is 1. The first-order valence-electron chi connectivity index (χ1n) is 7.29. The van der Waals surface area contributed by atoms with E-state index in [0.717, 1.165) is 19.5 Å². The maximum absolute atomic E-state index is 11.7. The molecule has 0 spiro atoms. The molecule has 0 aromatic heterocycles. The summed E-state index contributed by atoms with van der Waals surface area (Å²) in [6.07, 6.45) is 1.01. The largest absolute Gasteiger partial charge is 0.481 e. The van der Waals surface area contributed by atoms with Crippen LogP contribution in [-0.4, -0.2) is 53.5 Å². The predicted molar refractivity (Wildman–Crippen MR) is 79.7 cm³/mol. The Morgan fingerprint density at radius 3 is 2.71 bits per heavy atom. The summed E-state index contributed by atoms with van der Waals surface area (Å²) in [5.74, 6) is -1.43. The lowest BCUT2D eigenvalue weighted by Gasteiger charge is -2.20. The summed E-state index contributed by atoms with van der Waals surface area (Å²) in [5, 5.41) is 8.94. The molecule has 1 saturated heterocycles. The van der Waals surface area contributed by atoms with Gasteiger partial charge in [0, 0.05) is 26.1 Å². The van der Waals surface area contributed by atoms with Gasteiger partial charge in [0.2, 0.25) is 5.91 Å². The van der Waals surface area contributed by atoms with Gasteiger partial charge in [-0.1, -0.05) is 30.3 Å². The highest BCUT2D eigenvalue weighted by Crippen LogP contribution is 2.18. The van der Waals surface area contributed by atoms with Gasteiger partial charge in [-0.25, -0.2) is 0 Å². The fourth-order valence-electron chi connectivity index (χ4n) is 2.66. The molecule has 1 aliphatic rings. The van der Waals surface area contributed by atoms with E-state index in [9.17, 15) is 9.59 Å². The van der Waals surface area contributed by atoms with Crippen LogP contribution in [0, 0.1) is 5.92 Å². The summed E-state index contributed by atoms with van der Waals surface area (Å²) < 4.78 is 0. The Morgan fingerprint density at radius 2 is 2.10 bits per heavy atom. The minimum absolute atomic E-state index is 0.0342. The van der Waals surface area contributed by atoms with E-state index in [1.165, 1.54) is 5.56 Å². The molecule has 2 rings (SSSR count). The van der Waals surface area contributed by atoms with Gasteiger partial charge in [-0.3, -0.25) is 9.59 Å². The molecule has 1 unspecified atom stereocenters. The monoisotopic (exact) mass is 290 g/mol. The van der Waals surface area contributed by atoms with E-state index in [1.807, 2.05) is 18.2 Å². The molecule has 1 amide bonds. The SMILES string of the molecule is CN(CCCN1CC(C(=O)O)CC1=O)Cc1ccccc1. The number of hydrogen-bond donors (Lipinski definition) is 1. The van der Waals surface area contributed by atoms with E-state index in [2.05, 4.69) is 24.1 Å². The normalized spacial score (nSPS) is 18.5. The van der Waals surface area contributed by atoms with Gasteiger partial charge in [0.15, 0.2) is 0 Å².